The molecule has 2 aliphatic heterocycles. The van der Waals surface area contributed by atoms with Crippen molar-refractivity contribution in [3.8, 4) is 5.75 Å². The molecule has 3 aromatic rings. The topological polar surface area (TPSA) is 102 Å². The van der Waals surface area contributed by atoms with E-state index in [1.807, 2.05) is 0 Å². The van der Waals surface area contributed by atoms with Gasteiger partial charge in [-0.15, -0.1) is 13.2 Å². The molecule has 0 saturated carbocycles. The Morgan fingerprint density at radius 2 is 1.50 bits per heavy atom. The minimum absolute atomic E-state index is 0.146. The first-order valence-electron chi connectivity index (χ1n) is 10.6. The van der Waals surface area contributed by atoms with Gasteiger partial charge in [-0.25, -0.2) is 9.96 Å². The molecule has 184 valence electrons. The van der Waals surface area contributed by atoms with Crippen molar-refractivity contribution in [2.45, 2.75) is 18.5 Å². The largest absolute Gasteiger partial charge is 0.573 e. The molecule has 0 N–H and O–H groups in total. The first kappa shape index (κ1) is 23.3. The number of hydrogen-bond acceptors (Lipinski definition) is 7. The highest BCUT2D eigenvalue weighted by atomic mass is 19.4. The van der Waals surface area contributed by atoms with Crippen LogP contribution in [-0.4, -0.2) is 29.2 Å². The van der Waals surface area contributed by atoms with Crippen LogP contribution < -0.4 is 14.7 Å². The lowest BCUT2D eigenvalue weighted by atomic mass is 9.90. The van der Waals surface area contributed by atoms with Crippen LogP contribution in [-0.2, 0) is 14.4 Å². The molecule has 2 heterocycles. The van der Waals surface area contributed by atoms with Gasteiger partial charge in [-0.1, -0.05) is 30.3 Å². The minimum Gasteiger partial charge on any atom is -0.406 e. The smallest absolute Gasteiger partial charge is 0.406 e. The number of rotatable bonds is 5. The molecule has 12 heteroatoms. The number of para-hydroxylation sites is 1. The van der Waals surface area contributed by atoms with Crippen molar-refractivity contribution < 1.29 is 37.3 Å². The highest BCUT2D eigenvalue weighted by molar-refractivity contribution is 6.23. The Kier molecular flexibility index (Phi) is 5.59. The number of halogens is 3. The van der Waals surface area contributed by atoms with Crippen molar-refractivity contribution >= 4 is 28.9 Å². The lowest BCUT2D eigenvalue weighted by Crippen LogP contribution is -2.37. The van der Waals surface area contributed by atoms with Crippen LogP contribution in [0.25, 0.3) is 0 Å². The Hall–Kier alpha value is -4.45. The maximum Gasteiger partial charge on any atom is 0.573 e. The number of hydroxylamine groups is 1. The molecule has 3 aromatic carbocycles. The monoisotopic (exact) mass is 499 g/mol. The number of carbonyl (C=O) groups is 2. The summed E-state index contributed by atoms with van der Waals surface area (Å²) in [5.74, 6) is -2.71. The molecule has 2 amide bonds. The molecular weight excluding hydrogens is 483 g/mol. The molecular formula is C24H16F3N3O6. The molecule has 9 nitrogen and oxygen atoms in total. The highest BCUT2D eigenvalue weighted by Gasteiger charge is 2.60. The fourth-order valence-corrected chi connectivity index (χ4v) is 4.40. The predicted molar refractivity (Wildman–Crippen MR) is 119 cm³/mol. The Labute approximate surface area is 201 Å². The third-order valence-electron chi connectivity index (χ3n) is 5.90. The molecule has 36 heavy (non-hydrogen) atoms. The number of alkyl halides is 3. The third-order valence-corrected chi connectivity index (χ3v) is 5.90. The van der Waals surface area contributed by atoms with E-state index in [1.54, 1.807) is 30.3 Å². The Balaban J connectivity index is 1.51. The van der Waals surface area contributed by atoms with Crippen molar-refractivity contribution in [1.29, 1.82) is 0 Å². The van der Waals surface area contributed by atoms with Gasteiger partial charge in [0.25, 0.3) is 11.6 Å². The summed E-state index contributed by atoms with van der Waals surface area (Å²) in [5, 5.41) is 12.4. The van der Waals surface area contributed by atoms with Gasteiger partial charge in [0, 0.05) is 12.1 Å². The summed E-state index contributed by atoms with van der Waals surface area (Å²) in [7, 11) is 0. The van der Waals surface area contributed by atoms with Gasteiger partial charge in [0.15, 0.2) is 6.10 Å². The van der Waals surface area contributed by atoms with Crippen molar-refractivity contribution in [3.05, 3.63) is 94.5 Å². The predicted octanol–water partition coefficient (Wildman–Crippen LogP) is 4.54. The number of ether oxygens (including phenoxy) is 1. The Morgan fingerprint density at radius 1 is 0.861 bits per heavy atom. The first-order valence-corrected chi connectivity index (χ1v) is 10.6. The van der Waals surface area contributed by atoms with Crippen LogP contribution in [0.15, 0.2) is 78.9 Å². The van der Waals surface area contributed by atoms with Crippen LogP contribution in [0, 0.1) is 16.0 Å². The van der Waals surface area contributed by atoms with Crippen LogP contribution in [0.2, 0.25) is 0 Å². The second-order valence-electron chi connectivity index (χ2n) is 8.06. The summed E-state index contributed by atoms with van der Waals surface area (Å²) >= 11 is 0. The van der Waals surface area contributed by atoms with Crippen LogP contribution in [0.3, 0.4) is 0 Å². The van der Waals surface area contributed by atoms with Crippen molar-refractivity contribution in [3.63, 3.8) is 0 Å². The molecule has 0 spiro atoms. The fraction of sp³-hybridized carbons (Fsp3) is 0.167. The zero-order valence-corrected chi connectivity index (χ0v) is 18.2. The van der Waals surface area contributed by atoms with Crippen LogP contribution in [0.4, 0.5) is 30.2 Å². The summed E-state index contributed by atoms with van der Waals surface area (Å²) in [6.07, 6.45) is -6.07. The molecule has 3 atom stereocenters. The number of fused-ring (bicyclic) bond motifs is 1. The summed E-state index contributed by atoms with van der Waals surface area (Å²) in [6, 6.07) is 17.7. The number of imide groups is 1. The van der Waals surface area contributed by atoms with E-state index in [0.717, 1.165) is 17.0 Å². The third kappa shape index (κ3) is 4.11. The summed E-state index contributed by atoms with van der Waals surface area (Å²) in [5.41, 5.74) is 0.902. The first-order chi connectivity index (χ1) is 17.1. The van der Waals surface area contributed by atoms with E-state index < -0.39 is 46.9 Å². The average Bonchev–Trinajstić information content (AvgIpc) is 3.35. The molecule has 0 aromatic heterocycles. The van der Waals surface area contributed by atoms with E-state index in [9.17, 15) is 32.9 Å². The van der Waals surface area contributed by atoms with E-state index >= 15 is 0 Å². The fourth-order valence-electron chi connectivity index (χ4n) is 4.40. The number of hydrogen-bond donors (Lipinski definition) is 0. The van der Waals surface area contributed by atoms with Crippen LogP contribution in [0.1, 0.15) is 11.6 Å². The summed E-state index contributed by atoms with van der Waals surface area (Å²) < 4.78 is 41.7. The maximum atomic E-state index is 13.5. The van der Waals surface area contributed by atoms with Gasteiger partial charge in [0.05, 0.1) is 22.3 Å². The van der Waals surface area contributed by atoms with E-state index in [-0.39, 0.29) is 11.4 Å². The van der Waals surface area contributed by atoms with Gasteiger partial charge >= 0.3 is 6.36 Å². The number of anilines is 2. The maximum absolute atomic E-state index is 13.5. The zero-order valence-electron chi connectivity index (χ0n) is 18.2. The highest BCUT2D eigenvalue weighted by Crippen LogP contribution is 2.47. The lowest BCUT2D eigenvalue weighted by Gasteiger charge is -2.28. The number of benzene rings is 3. The van der Waals surface area contributed by atoms with E-state index in [4.69, 9.17) is 4.84 Å². The molecule has 5 rings (SSSR count). The number of nitrogens with zero attached hydrogens (tertiary/aromatic N) is 3. The summed E-state index contributed by atoms with van der Waals surface area (Å²) in [6.45, 7) is 0. The molecule has 2 aliphatic rings. The van der Waals surface area contributed by atoms with Crippen LogP contribution in [0.5, 0.6) is 5.75 Å². The standard InChI is InChI=1S/C24H16F3N3O6/c25-24(26,27)35-18-12-6-14(7-13-18)20-19-21(36-29(20)16-4-2-1-3-5-16)23(32)28(22(19)31)15-8-10-17(11-9-15)30(33)34/h1-13,19-21H/t19-,20-,21+/m0/s1. The molecule has 0 radical (unpaired) electrons. The number of amides is 2. The lowest BCUT2D eigenvalue weighted by molar-refractivity contribution is -0.384. The van der Waals surface area contributed by atoms with Crippen molar-refractivity contribution in [1.82, 2.24) is 0 Å². The number of non-ortho nitro benzene ring substituents is 1. The zero-order chi connectivity index (χ0) is 25.6. The van der Waals surface area contributed by atoms with Gasteiger partial charge in [0.1, 0.15) is 11.7 Å². The number of nitro benzene ring substituents is 1. The van der Waals surface area contributed by atoms with Gasteiger partial charge in [-0.2, -0.15) is 0 Å². The molecule has 2 fully saturated rings. The van der Waals surface area contributed by atoms with E-state index in [2.05, 4.69) is 4.74 Å². The SMILES string of the molecule is O=C1[C@@H]2[C@@H](ON(c3ccccc3)[C@H]2c2ccc(OC(F)(F)F)cc2)C(=O)N1c1ccc([N+](=O)[O-])cc1. The van der Waals surface area contributed by atoms with Crippen LogP contribution >= 0.6 is 0 Å². The average molecular weight is 499 g/mol. The normalized spacial score (nSPS) is 21.6. The number of carbonyl (C=O) groups excluding carboxylic acids is 2. The Bertz CT molecular complexity index is 1320. The van der Waals surface area contributed by atoms with Gasteiger partial charge in [-0.3, -0.25) is 24.5 Å². The van der Waals surface area contributed by atoms with Gasteiger partial charge in [0.2, 0.25) is 5.91 Å². The second-order valence-corrected chi connectivity index (χ2v) is 8.06. The quantitative estimate of drug-likeness (QED) is 0.288. The van der Waals surface area contributed by atoms with E-state index in [1.165, 1.54) is 41.5 Å². The van der Waals surface area contributed by atoms with Crippen molar-refractivity contribution in [2.75, 3.05) is 9.96 Å². The van der Waals surface area contributed by atoms with Gasteiger partial charge < -0.3 is 4.74 Å². The van der Waals surface area contributed by atoms with Gasteiger partial charge in [-0.05, 0) is 42.0 Å². The number of nitro groups is 1. The Morgan fingerprint density at radius 3 is 2.08 bits per heavy atom. The molecule has 0 unspecified atom stereocenters. The summed E-state index contributed by atoms with van der Waals surface area (Å²) in [4.78, 5) is 44.0. The molecule has 2 saturated heterocycles. The van der Waals surface area contributed by atoms with E-state index in [0.29, 0.717) is 11.3 Å². The minimum atomic E-state index is -4.86. The van der Waals surface area contributed by atoms with Crippen molar-refractivity contribution in [2.24, 2.45) is 5.92 Å². The second kappa shape index (κ2) is 8.64. The molecule has 0 aliphatic carbocycles. The molecule has 0 bridgehead atoms.